The van der Waals surface area contributed by atoms with Gasteiger partial charge in [0.15, 0.2) is 0 Å². The second kappa shape index (κ2) is 11.8. The average Bonchev–Trinajstić information content (AvgIpc) is 3.26. The zero-order valence-corrected chi connectivity index (χ0v) is 21.4. The first-order chi connectivity index (χ1) is 16.5. The second-order valence-corrected chi connectivity index (χ2v) is 11.0. The Morgan fingerprint density at radius 3 is 2.43 bits per heavy atom. The van der Waals surface area contributed by atoms with Gasteiger partial charge in [-0.15, -0.1) is 11.3 Å². The molecule has 2 aromatic carbocycles. The number of aliphatic hydroxyl groups is 1. The molecule has 0 aliphatic heterocycles. The molecule has 8 heteroatoms. The molecule has 0 saturated carbocycles. The van der Waals surface area contributed by atoms with E-state index in [9.17, 15) is 18.7 Å². The SMILES string of the molecule is CC(=O)NC(Cc1cc(F)cc(F)c1)C(O)CNCc1cc(CC(C)(C)C)ccc1-c1cncs1. The van der Waals surface area contributed by atoms with Gasteiger partial charge in [0.25, 0.3) is 0 Å². The highest BCUT2D eigenvalue weighted by molar-refractivity contribution is 7.13. The van der Waals surface area contributed by atoms with Gasteiger partial charge in [0.05, 0.1) is 22.5 Å². The summed E-state index contributed by atoms with van der Waals surface area (Å²) in [4.78, 5) is 17.0. The van der Waals surface area contributed by atoms with Crippen molar-refractivity contribution in [1.82, 2.24) is 15.6 Å². The Bertz CT molecular complexity index is 1110. The topological polar surface area (TPSA) is 74.2 Å². The molecule has 0 radical (unpaired) electrons. The second-order valence-electron chi connectivity index (χ2n) is 10.1. The van der Waals surface area contributed by atoms with E-state index in [2.05, 4.69) is 54.6 Å². The molecule has 1 heterocycles. The quantitative estimate of drug-likeness (QED) is 0.370. The van der Waals surface area contributed by atoms with E-state index in [0.717, 1.165) is 28.5 Å². The third-order valence-electron chi connectivity index (χ3n) is 5.50. The number of benzene rings is 2. The maximum absolute atomic E-state index is 13.6. The molecule has 188 valence electrons. The first-order valence-electron chi connectivity index (χ1n) is 11.6. The number of amides is 1. The van der Waals surface area contributed by atoms with Gasteiger partial charge in [0.2, 0.25) is 5.91 Å². The van der Waals surface area contributed by atoms with Crippen molar-refractivity contribution < 1.29 is 18.7 Å². The van der Waals surface area contributed by atoms with Crippen LogP contribution in [-0.4, -0.2) is 34.7 Å². The van der Waals surface area contributed by atoms with Crippen LogP contribution in [0.4, 0.5) is 8.78 Å². The first kappa shape index (κ1) is 26.9. The molecule has 2 unspecified atom stereocenters. The number of halogens is 2. The van der Waals surface area contributed by atoms with Gasteiger partial charge in [-0.05, 0) is 52.6 Å². The maximum atomic E-state index is 13.6. The lowest BCUT2D eigenvalue weighted by Gasteiger charge is -2.25. The van der Waals surface area contributed by atoms with Crippen molar-refractivity contribution in [3.8, 4) is 10.4 Å². The van der Waals surface area contributed by atoms with Gasteiger partial charge >= 0.3 is 0 Å². The Labute approximate surface area is 209 Å². The molecule has 0 bridgehead atoms. The molecule has 1 amide bonds. The number of carbonyl (C=O) groups excluding carboxylic acids is 1. The Morgan fingerprint density at radius 2 is 1.83 bits per heavy atom. The Morgan fingerprint density at radius 1 is 1.11 bits per heavy atom. The number of aliphatic hydroxyl groups excluding tert-OH is 1. The minimum absolute atomic E-state index is 0.101. The molecule has 0 spiro atoms. The summed E-state index contributed by atoms with van der Waals surface area (Å²) in [5.74, 6) is -1.71. The molecule has 35 heavy (non-hydrogen) atoms. The number of rotatable bonds is 10. The smallest absolute Gasteiger partial charge is 0.217 e. The van der Waals surface area contributed by atoms with Crippen LogP contribution in [0.25, 0.3) is 10.4 Å². The summed E-state index contributed by atoms with van der Waals surface area (Å²) >= 11 is 1.57. The standard InChI is InChI=1S/C27H33F2N3O2S/c1-17(33)32-24(10-19-8-21(28)11-22(29)9-19)25(34)14-30-13-20-7-18(12-27(2,3)4)5-6-23(20)26-15-31-16-35-26/h5-9,11,15-16,24-25,30,34H,10,12-14H2,1-4H3,(H,32,33). The molecule has 0 aliphatic carbocycles. The monoisotopic (exact) mass is 501 g/mol. The van der Waals surface area contributed by atoms with E-state index < -0.39 is 23.8 Å². The number of hydrogen-bond donors (Lipinski definition) is 3. The summed E-state index contributed by atoms with van der Waals surface area (Å²) in [6, 6.07) is 8.95. The van der Waals surface area contributed by atoms with Crippen LogP contribution in [0.15, 0.2) is 48.1 Å². The van der Waals surface area contributed by atoms with Gasteiger partial charge in [0, 0.05) is 32.3 Å². The van der Waals surface area contributed by atoms with Gasteiger partial charge in [-0.25, -0.2) is 8.78 Å². The highest BCUT2D eigenvalue weighted by Crippen LogP contribution is 2.30. The van der Waals surface area contributed by atoms with Crippen molar-refractivity contribution in [1.29, 1.82) is 0 Å². The van der Waals surface area contributed by atoms with Crippen molar-refractivity contribution in [3.05, 3.63) is 76.4 Å². The largest absolute Gasteiger partial charge is 0.390 e. The third kappa shape index (κ3) is 8.49. The number of carbonyl (C=O) groups is 1. The normalized spacial score (nSPS) is 13.5. The molecule has 5 nitrogen and oxygen atoms in total. The minimum atomic E-state index is -0.963. The van der Waals surface area contributed by atoms with Gasteiger partial charge < -0.3 is 15.7 Å². The van der Waals surface area contributed by atoms with Gasteiger partial charge in [-0.1, -0.05) is 39.0 Å². The van der Waals surface area contributed by atoms with Crippen LogP contribution < -0.4 is 10.6 Å². The Balaban J connectivity index is 1.72. The molecule has 3 N–H and O–H groups in total. The van der Waals surface area contributed by atoms with E-state index in [0.29, 0.717) is 12.1 Å². The van der Waals surface area contributed by atoms with E-state index in [1.807, 2.05) is 6.20 Å². The van der Waals surface area contributed by atoms with E-state index in [-0.39, 0.29) is 24.3 Å². The predicted octanol–water partition coefficient (Wildman–Crippen LogP) is 4.87. The first-order valence-corrected chi connectivity index (χ1v) is 12.5. The molecule has 2 atom stereocenters. The third-order valence-corrected chi connectivity index (χ3v) is 6.31. The number of nitrogens with one attached hydrogen (secondary N) is 2. The van der Waals surface area contributed by atoms with E-state index in [4.69, 9.17) is 0 Å². The minimum Gasteiger partial charge on any atom is -0.390 e. The van der Waals surface area contributed by atoms with Crippen LogP contribution >= 0.6 is 11.3 Å². The van der Waals surface area contributed by atoms with Gasteiger partial charge in [0.1, 0.15) is 11.6 Å². The molecule has 3 aromatic rings. The fourth-order valence-electron chi connectivity index (χ4n) is 4.13. The highest BCUT2D eigenvalue weighted by Gasteiger charge is 2.22. The highest BCUT2D eigenvalue weighted by atomic mass is 32.1. The van der Waals surface area contributed by atoms with E-state index >= 15 is 0 Å². The lowest BCUT2D eigenvalue weighted by atomic mass is 9.87. The van der Waals surface area contributed by atoms with Crippen LogP contribution in [0, 0.1) is 17.0 Å². The fraction of sp³-hybridized carbons (Fsp3) is 0.407. The number of nitrogens with zero attached hydrogens (tertiary/aromatic N) is 1. The molecular weight excluding hydrogens is 468 g/mol. The Hall–Kier alpha value is -2.68. The van der Waals surface area contributed by atoms with Gasteiger partial charge in [-0.2, -0.15) is 0 Å². The van der Waals surface area contributed by atoms with Crippen LogP contribution in [0.3, 0.4) is 0 Å². The van der Waals surface area contributed by atoms with Crippen molar-refractivity contribution in [3.63, 3.8) is 0 Å². The fourth-order valence-corrected chi connectivity index (χ4v) is 4.81. The lowest BCUT2D eigenvalue weighted by Crippen LogP contribution is -2.48. The summed E-state index contributed by atoms with van der Waals surface area (Å²) < 4.78 is 27.2. The zero-order chi connectivity index (χ0) is 25.6. The van der Waals surface area contributed by atoms with Crippen molar-refractivity contribution in [2.75, 3.05) is 6.54 Å². The lowest BCUT2D eigenvalue weighted by molar-refractivity contribution is -0.120. The summed E-state index contributed by atoms with van der Waals surface area (Å²) in [5, 5.41) is 16.8. The van der Waals surface area contributed by atoms with Crippen LogP contribution in [-0.2, 0) is 24.2 Å². The van der Waals surface area contributed by atoms with Crippen molar-refractivity contribution in [2.24, 2.45) is 5.41 Å². The number of hydrogen-bond acceptors (Lipinski definition) is 5. The zero-order valence-electron chi connectivity index (χ0n) is 20.6. The molecule has 3 rings (SSSR count). The average molecular weight is 502 g/mol. The molecular formula is C27H33F2N3O2S. The maximum Gasteiger partial charge on any atom is 0.217 e. The predicted molar refractivity (Wildman–Crippen MR) is 136 cm³/mol. The van der Waals surface area contributed by atoms with Crippen LogP contribution in [0.2, 0.25) is 0 Å². The molecule has 1 aromatic heterocycles. The summed E-state index contributed by atoms with van der Waals surface area (Å²) in [6.45, 7) is 8.64. The molecule has 0 saturated heterocycles. The van der Waals surface area contributed by atoms with Crippen molar-refractivity contribution in [2.45, 2.75) is 59.2 Å². The number of thiazole rings is 1. The van der Waals surface area contributed by atoms with Gasteiger partial charge in [-0.3, -0.25) is 9.78 Å². The van der Waals surface area contributed by atoms with Crippen LogP contribution in [0.1, 0.15) is 44.4 Å². The molecule has 0 aliphatic rings. The van der Waals surface area contributed by atoms with Crippen molar-refractivity contribution >= 4 is 17.2 Å². The van der Waals surface area contributed by atoms with E-state index in [1.165, 1.54) is 24.6 Å². The summed E-state index contributed by atoms with van der Waals surface area (Å²) in [7, 11) is 0. The van der Waals surface area contributed by atoms with E-state index in [1.54, 1.807) is 16.8 Å². The van der Waals surface area contributed by atoms with Crippen LogP contribution in [0.5, 0.6) is 0 Å². The molecule has 0 fully saturated rings. The Kier molecular flexibility index (Phi) is 9.10. The summed E-state index contributed by atoms with van der Waals surface area (Å²) in [6.07, 6.45) is 1.91. The summed E-state index contributed by atoms with van der Waals surface area (Å²) in [5.41, 5.74) is 5.71. The number of aromatic nitrogens is 1.